The summed E-state index contributed by atoms with van der Waals surface area (Å²) in [5.74, 6) is 0.111. The Morgan fingerprint density at radius 2 is 1.91 bits per heavy atom. The predicted molar refractivity (Wildman–Crippen MR) is 129 cm³/mol. The zero-order valence-corrected chi connectivity index (χ0v) is 18.8. The number of aromatic nitrogens is 5. The van der Waals surface area contributed by atoms with E-state index < -0.39 is 6.04 Å². The topological polar surface area (TPSA) is 94.7 Å². The van der Waals surface area contributed by atoms with Crippen LogP contribution in [-0.4, -0.2) is 30.5 Å². The van der Waals surface area contributed by atoms with Gasteiger partial charge in [0.25, 0.3) is 5.56 Å². The molecule has 8 nitrogen and oxygen atoms in total. The molecule has 1 N–H and O–H groups in total. The van der Waals surface area contributed by atoms with Crippen LogP contribution >= 0.6 is 11.3 Å². The van der Waals surface area contributed by atoms with Gasteiger partial charge in [0, 0.05) is 29.7 Å². The van der Waals surface area contributed by atoms with Crippen molar-refractivity contribution in [2.75, 3.05) is 5.32 Å². The van der Waals surface area contributed by atoms with Gasteiger partial charge in [-0.05, 0) is 67.9 Å². The normalized spacial score (nSPS) is 12.1. The van der Waals surface area contributed by atoms with E-state index in [2.05, 4.69) is 34.6 Å². The molecule has 164 valence electrons. The van der Waals surface area contributed by atoms with Crippen molar-refractivity contribution in [1.82, 2.24) is 24.5 Å². The van der Waals surface area contributed by atoms with Crippen LogP contribution in [-0.2, 0) is 4.79 Å². The Hall–Kier alpha value is -4.11. The van der Waals surface area contributed by atoms with Gasteiger partial charge in [0.2, 0.25) is 5.91 Å². The van der Waals surface area contributed by atoms with Crippen LogP contribution in [0.2, 0.25) is 0 Å². The SMILES string of the molecule is Cc1ccc2nc(-c3ccc(NC(=O)C(C)n4nc(-n5cccn5)ccc4=O)cc3)sc2c1. The van der Waals surface area contributed by atoms with Gasteiger partial charge in [0.05, 0.1) is 10.2 Å². The molecule has 3 heterocycles. The molecule has 3 aromatic heterocycles. The van der Waals surface area contributed by atoms with Gasteiger partial charge in [-0.1, -0.05) is 6.07 Å². The van der Waals surface area contributed by atoms with Gasteiger partial charge in [-0.3, -0.25) is 9.59 Å². The first-order chi connectivity index (χ1) is 16.0. The number of thiazole rings is 1. The molecule has 9 heteroatoms. The summed E-state index contributed by atoms with van der Waals surface area (Å²) in [6.07, 6.45) is 3.34. The zero-order valence-electron chi connectivity index (χ0n) is 18.0. The van der Waals surface area contributed by atoms with E-state index in [0.717, 1.165) is 25.5 Å². The second-order valence-electron chi connectivity index (χ2n) is 7.66. The number of rotatable bonds is 5. The number of aryl methyl sites for hydroxylation is 1. The Bertz CT molecular complexity index is 1500. The molecule has 0 bridgehead atoms. The average Bonchev–Trinajstić information content (AvgIpc) is 3.49. The maximum atomic E-state index is 12.8. The fraction of sp³-hybridized carbons (Fsp3) is 0.125. The van der Waals surface area contributed by atoms with E-state index in [0.29, 0.717) is 11.5 Å². The lowest BCUT2D eigenvalue weighted by atomic mass is 10.2. The number of fused-ring (bicyclic) bond motifs is 1. The molecule has 0 aliphatic heterocycles. The fourth-order valence-electron chi connectivity index (χ4n) is 3.43. The van der Waals surface area contributed by atoms with Gasteiger partial charge in [-0.2, -0.15) is 5.10 Å². The van der Waals surface area contributed by atoms with Gasteiger partial charge in [0.15, 0.2) is 5.82 Å². The minimum absolute atomic E-state index is 0.342. The van der Waals surface area contributed by atoms with Gasteiger partial charge in [-0.15, -0.1) is 16.4 Å². The van der Waals surface area contributed by atoms with Crippen LogP contribution in [0.4, 0.5) is 5.69 Å². The maximum Gasteiger partial charge on any atom is 0.267 e. The molecule has 0 saturated carbocycles. The third kappa shape index (κ3) is 4.18. The summed E-state index contributed by atoms with van der Waals surface area (Å²) in [6.45, 7) is 3.70. The number of amides is 1. The second-order valence-corrected chi connectivity index (χ2v) is 8.69. The molecule has 1 unspecified atom stereocenters. The van der Waals surface area contributed by atoms with Crippen LogP contribution in [0, 0.1) is 6.92 Å². The number of nitrogens with one attached hydrogen (secondary N) is 1. The monoisotopic (exact) mass is 456 g/mol. The highest BCUT2D eigenvalue weighted by molar-refractivity contribution is 7.21. The van der Waals surface area contributed by atoms with E-state index in [1.54, 1.807) is 42.8 Å². The third-order valence-corrected chi connectivity index (χ3v) is 6.31. The molecule has 0 aliphatic carbocycles. The summed E-state index contributed by atoms with van der Waals surface area (Å²) in [5, 5.41) is 12.2. The smallest absolute Gasteiger partial charge is 0.267 e. The van der Waals surface area contributed by atoms with Crippen LogP contribution in [0.1, 0.15) is 18.5 Å². The van der Waals surface area contributed by atoms with E-state index in [1.165, 1.54) is 16.3 Å². The van der Waals surface area contributed by atoms with Gasteiger partial charge >= 0.3 is 0 Å². The summed E-state index contributed by atoms with van der Waals surface area (Å²) < 4.78 is 3.83. The van der Waals surface area contributed by atoms with Crippen molar-refractivity contribution in [3.63, 3.8) is 0 Å². The largest absolute Gasteiger partial charge is 0.324 e. The highest BCUT2D eigenvalue weighted by atomic mass is 32.1. The predicted octanol–water partition coefficient (Wildman–Crippen LogP) is 4.21. The van der Waals surface area contributed by atoms with Crippen molar-refractivity contribution in [2.24, 2.45) is 0 Å². The molecule has 0 radical (unpaired) electrons. The molecule has 5 aromatic rings. The molecule has 0 aliphatic rings. The second kappa shape index (κ2) is 8.44. The molecular weight excluding hydrogens is 436 g/mol. The molecule has 0 spiro atoms. The molecule has 1 amide bonds. The number of hydrogen-bond acceptors (Lipinski definition) is 6. The highest BCUT2D eigenvalue weighted by Gasteiger charge is 2.18. The van der Waals surface area contributed by atoms with Crippen LogP contribution in [0.25, 0.3) is 26.6 Å². The Balaban J connectivity index is 1.33. The standard InChI is InChI=1S/C24H20N6O2S/c1-15-4-9-19-20(14-15)33-24(27-19)17-5-7-18(8-6-17)26-23(32)16(2)30-22(31)11-10-21(28-30)29-13-3-12-25-29/h3-14,16H,1-2H3,(H,26,32). The third-order valence-electron chi connectivity index (χ3n) is 5.24. The van der Waals surface area contributed by atoms with Gasteiger partial charge in [0.1, 0.15) is 11.0 Å². The lowest BCUT2D eigenvalue weighted by molar-refractivity contribution is -0.119. The van der Waals surface area contributed by atoms with Crippen molar-refractivity contribution < 1.29 is 4.79 Å². The van der Waals surface area contributed by atoms with Crippen molar-refractivity contribution in [2.45, 2.75) is 19.9 Å². The zero-order chi connectivity index (χ0) is 22.9. The first-order valence-electron chi connectivity index (χ1n) is 10.4. The number of nitrogens with zero attached hydrogens (tertiary/aromatic N) is 5. The Labute approximate surface area is 193 Å². The van der Waals surface area contributed by atoms with Crippen LogP contribution < -0.4 is 10.9 Å². The molecule has 5 rings (SSSR count). The van der Waals surface area contributed by atoms with Gasteiger partial charge < -0.3 is 5.32 Å². The molecular formula is C24H20N6O2S. The Morgan fingerprint density at radius 1 is 1.09 bits per heavy atom. The summed E-state index contributed by atoms with van der Waals surface area (Å²) in [4.78, 5) is 29.8. The van der Waals surface area contributed by atoms with Crippen LogP contribution in [0.15, 0.2) is 77.9 Å². The van der Waals surface area contributed by atoms with E-state index in [9.17, 15) is 9.59 Å². The number of benzene rings is 2. The minimum Gasteiger partial charge on any atom is -0.324 e. The van der Waals surface area contributed by atoms with Crippen LogP contribution in [0.5, 0.6) is 0 Å². The molecule has 33 heavy (non-hydrogen) atoms. The molecule has 2 aromatic carbocycles. The number of hydrogen-bond donors (Lipinski definition) is 1. The number of carbonyl (C=O) groups excluding carboxylic acids is 1. The van der Waals surface area contributed by atoms with Crippen LogP contribution in [0.3, 0.4) is 0 Å². The first kappa shape index (κ1) is 20.8. The highest BCUT2D eigenvalue weighted by Crippen LogP contribution is 2.31. The van der Waals surface area contributed by atoms with E-state index in [1.807, 2.05) is 30.3 Å². The minimum atomic E-state index is -0.805. The molecule has 0 saturated heterocycles. The first-order valence-corrected chi connectivity index (χ1v) is 11.2. The molecule has 0 fully saturated rings. The number of carbonyl (C=O) groups is 1. The van der Waals surface area contributed by atoms with E-state index >= 15 is 0 Å². The molecule has 1 atom stereocenters. The van der Waals surface area contributed by atoms with Crippen molar-refractivity contribution in [3.05, 3.63) is 89.0 Å². The fourth-order valence-corrected chi connectivity index (χ4v) is 4.50. The lowest BCUT2D eigenvalue weighted by Crippen LogP contribution is -2.33. The van der Waals surface area contributed by atoms with Gasteiger partial charge in [-0.25, -0.2) is 14.3 Å². The maximum absolute atomic E-state index is 12.8. The summed E-state index contributed by atoms with van der Waals surface area (Å²) in [6, 6.07) is 17.6. The Morgan fingerprint density at radius 3 is 2.67 bits per heavy atom. The summed E-state index contributed by atoms with van der Waals surface area (Å²) in [5.41, 5.74) is 3.42. The quantitative estimate of drug-likeness (QED) is 0.427. The van der Waals surface area contributed by atoms with E-state index in [4.69, 9.17) is 4.98 Å². The van der Waals surface area contributed by atoms with Crippen molar-refractivity contribution in [1.29, 1.82) is 0 Å². The lowest BCUT2D eigenvalue weighted by Gasteiger charge is -2.15. The van der Waals surface area contributed by atoms with Crippen molar-refractivity contribution >= 4 is 33.1 Å². The summed E-state index contributed by atoms with van der Waals surface area (Å²) in [7, 11) is 0. The average molecular weight is 457 g/mol. The van der Waals surface area contributed by atoms with Crippen molar-refractivity contribution in [3.8, 4) is 16.4 Å². The summed E-state index contributed by atoms with van der Waals surface area (Å²) >= 11 is 1.64. The number of anilines is 1. The Kier molecular flexibility index (Phi) is 5.31. The van der Waals surface area contributed by atoms with E-state index in [-0.39, 0.29) is 11.5 Å².